The van der Waals surface area contributed by atoms with Crippen LogP contribution in [-0.4, -0.2) is 27.9 Å². The standard InChI is InChI=1S/C18H22BrNO3/c1-21-14-6-4-13(5-7-14)10-11-20-12-15-16(19)8-9-17(22-2)18(15)23-3/h4-9,20H,10-12H2,1-3H3. The fourth-order valence-corrected chi connectivity index (χ4v) is 2.82. The molecule has 2 rings (SSSR count). The molecule has 0 amide bonds. The quantitative estimate of drug-likeness (QED) is 0.707. The highest BCUT2D eigenvalue weighted by molar-refractivity contribution is 9.10. The highest BCUT2D eigenvalue weighted by atomic mass is 79.9. The number of rotatable bonds is 8. The molecular formula is C18H22BrNO3. The molecule has 0 fully saturated rings. The summed E-state index contributed by atoms with van der Waals surface area (Å²) in [5, 5.41) is 3.45. The number of halogens is 1. The van der Waals surface area contributed by atoms with Crippen LogP contribution in [0.15, 0.2) is 40.9 Å². The smallest absolute Gasteiger partial charge is 0.166 e. The SMILES string of the molecule is COc1ccc(CCNCc2c(Br)ccc(OC)c2OC)cc1. The second-order valence-corrected chi connectivity index (χ2v) is 5.89. The summed E-state index contributed by atoms with van der Waals surface area (Å²) in [6, 6.07) is 12.0. The molecule has 5 heteroatoms. The van der Waals surface area contributed by atoms with Gasteiger partial charge in [-0.1, -0.05) is 28.1 Å². The molecule has 0 aliphatic carbocycles. The molecule has 0 unspecified atom stereocenters. The van der Waals surface area contributed by atoms with E-state index in [1.165, 1.54) is 5.56 Å². The molecule has 0 aliphatic rings. The first-order valence-electron chi connectivity index (χ1n) is 7.42. The van der Waals surface area contributed by atoms with Crippen molar-refractivity contribution in [1.82, 2.24) is 5.32 Å². The Labute approximate surface area is 145 Å². The lowest BCUT2D eigenvalue weighted by atomic mass is 10.1. The van der Waals surface area contributed by atoms with Gasteiger partial charge in [0.25, 0.3) is 0 Å². The minimum absolute atomic E-state index is 0.705. The van der Waals surface area contributed by atoms with Crippen molar-refractivity contribution in [3.8, 4) is 17.2 Å². The molecule has 2 aromatic rings. The highest BCUT2D eigenvalue weighted by Crippen LogP contribution is 2.35. The van der Waals surface area contributed by atoms with Gasteiger partial charge in [0.2, 0.25) is 0 Å². The number of ether oxygens (including phenoxy) is 3. The van der Waals surface area contributed by atoms with Crippen LogP contribution in [0.5, 0.6) is 17.2 Å². The third-order valence-corrected chi connectivity index (χ3v) is 4.39. The van der Waals surface area contributed by atoms with Crippen molar-refractivity contribution in [2.24, 2.45) is 0 Å². The van der Waals surface area contributed by atoms with E-state index in [0.29, 0.717) is 6.54 Å². The molecule has 0 saturated heterocycles. The van der Waals surface area contributed by atoms with Gasteiger partial charge in [-0.05, 0) is 42.8 Å². The van der Waals surface area contributed by atoms with Crippen LogP contribution in [0.1, 0.15) is 11.1 Å². The fraction of sp³-hybridized carbons (Fsp3) is 0.333. The van der Waals surface area contributed by atoms with E-state index in [1.807, 2.05) is 24.3 Å². The molecule has 23 heavy (non-hydrogen) atoms. The molecule has 0 bridgehead atoms. The van der Waals surface area contributed by atoms with Gasteiger partial charge in [-0.25, -0.2) is 0 Å². The van der Waals surface area contributed by atoms with E-state index in [4.69, 9.17) is 14.2 Å². The summed E-state index contributed by atoms with van der Waals surface area (Å²) >= 11 is 3.57. The van der Waals surface area contributed by atoms with E-state index in [0.717, 1.165) is 40.3 Å². The van der Waals surface area contributed by atoms with E-state index in [2.05, 4.69) is 33.4 Å². The zero-order chi connectivity index (χ0) is 16.7. The first-order chi connectivity index (χ1) is 11.2. The summed E-state index contributed by atoms with van der Waals surface area (Å²) in [6.45, 7) is 1.58. The fourth-order valence-electron chi connectivity index (χ4n) is 2.37. The molecule has 4 nitrogen and oxygen atoms in total. The minimum Gasteiger partial charge on any atom is -0.497 e. The van der Waals surface area contributed by atoms with Gasteiger partial charge in [-0.2, -0.15) is 0 Å². The van der Waals surface area contributed by atoms with Crippen LogP contribution >= 0.6 is 15.9 Å². The van der Waals surface area contributed by atoms with Gasteiger partial charge in [0.1, 0.15) is 5.75 Å². The monoisotopic (exact) mass is 379 g/mol. The van der Waals surface area contributed by atoms with Crippen molar-refractivity contribution in [2.45, 2.75) is 13.0 Å². The van der Waals surface area contributed by atoms with Crippen molar-refractivity contribution in [2.75, 3.05) is 27.9 Å². The predicted molar refractivity (Wildman–Crippen MR) is 95.7 cm³/mol. The Morgan fingerprint density at radius 3 is 2.26 bits per heavy atom. The molecule has 124 valence electrons. The lowest BCUT2D eigenvalue weighted by Crippen LogP contribution is -2.17. The summed E-state index contributed by atoms with van der Waals surface area (Å²) in [5.41, 5.74) is 2.33. The molecule has 0 heterocycles. The second kappa shape index (κ2) is 8.79. The van der Waals surface area contributed by atoms with Gasteiger partial charge in [0.15, 0.2) is 11.5 Å². The van der Waals surface area contributed by atoms with E-state index in [-0.39, 0.29) is 0 Å². The van der Waals surface area contributed by atoms with Crippen LogP contribution in [0.2, 0.25) is 0 Å². The number of nitrogens with one attached hydrogen (secondary N) is 1. The number of hydrogen-bond acceptors (Lipinski definition) is 4. The zero-order valence-corrected chi connectivity index (χ0v) is 15.3. The number of methoxy groups -OCH3 is 3. The molecule has 0 atom stereocenters. The van der Waals surface area contributed by atoms with Crippen molar-refractivity contribution in [1.29, 1.82) is 0 Å². The Morgan fingerprint density at radius 1 is 0.913 bits per heavy atom. The maximum absolute atomic E-state index is 5.48. The number of hydrogen-bond donors (Lipinski definition) is 1. The largest absolute Gasteiger partial charge is 0.497 e. The molecule has 1 N–H and O–H groups in total. The highest BCUT2D eigenvalue weighted by Gasteiger charge is 2.13. The lowest BCUT2D eigenvalue weighted by Gasteiger charge is -2.15. The lowest BCUT2D eigenvalue weighted by molar-refractivity contribution is 0.350. The topological polar surface area (TPSA) is 39.7 Å². The van der Waals surface area contributed by atoms with Gasteiger partial charge in [0, 0.05) is 16.6 Å². The van der Waals surface area contributed by atoms with Crippen LogP contribution in [0.25, 0.3) is 0 Å². The minimum atomic E-state index is 0.705. The molecule has 0 saturated carbocycles. The predicted octanol–water partition coefficient (Wildman–Crippen LogP) is 3.81. The molecule has 0 spiro atoms. The number of benzene rings is 2. The Balaban J connectivity index is 1.93. The Bertz CT molecular complexity index is 629. The molecule has 0 aliphatic heterocycles. The third kappa shape index (κ3) is 4.62. The Morgan fingerprint density at radius 2 is 1.65 bits per heavy atom. The summed E-state index contributed by atoms with van der Waals surface area (Å²) in [4.78, 5) is 0. The summed E-state index contributed by atoms with van der Waals surface area (Å²) in [5.74, 6) is 2.38. The average Bonchev–Trinajstić information content (AvgIpc) is 2.60. The second-order valence-electron chi connectivity index (χ2n) is 5.04. The van der Waals surface area contributed by atoms with E-state index < -0.39 is 0 Å². The van der Waals surface area contributed by atoms with Crippen LogP contribution < -0.4 is 19.5 Å². The van der Waals surface area contributed by atoms with Crippen molar-refractivity contribution in [3.05, 3.63) is 52.0 Å². The van der Waals surface area contributed by atoms with Gasteiger partial charge < -0.3 is 19.5 Å². The summed E-state index contributed by atoms with van der Waals surface area (Å²) in [6.07, 6.45) is 0.952. The van der Waals surface area contributed by atoms with Crippen LogP contribution in [0, 0.1) is 0 Å². The average molecular weight is 380 g/mol. The Hall–Kier alpha value is -1.72. The normalized spacial score (nSPS) is 10.4. The first kappa shape index (κ1) is 17.6. The van der Waals surface area contributed by atoms with Crippen LogP contribution in [0.4, 0.5) is 0 Å². The van der Waals surface area contributed by atoms with E-state index in [1.54, 1.807) is 21.3 Å². The van der Waals surface area contributed by atoms with Gasteiger partial charge in [0.05, 0.1) is 21.3 Å². The first-order valence-corrected chi connectivity index (χ1v) is 8.22. The van der Waals surface area contributed by atoms with Crippen molar-refractivity contribution in [3.63, 3.8) is 0 Å². The molecule has 0 aromatic heterocycles. The maximum atomic E-state index is 5.48. The van der Waals surface area contributed by atoms with Gasteiger partial charge in [-0.3, -0.25) is 0 Å². The zero-order valence-electron chi connectivity index (χ0n) is 13.7. The van der Waals surface area contributed by atoms with Gasteiger partial charge in [-0.15, -0.1) is 0 Å². The molecule has 0 radical (unpaired) electrons. The van der Waals surface area contributed by atoms with E-state index >= 15 is 0 Å². The molecular weight excluding hydrogens is 358 g/mol. The van der Waals surface area contributed by atoms with Crippen LogP contribution in [0.3, 0.4) is 0 Å². The summed E-state index contributed by atoms with van der Waals surface area (Å²) < 4.78 is 17.0. The Kier molecular flexibility index (Phi) is 6.74. The van der Waals surface area contributed by atoms with Crippen molar-refractivity contribution < 1.29 is 14.2 Å². The van der Waals surface area contributed by atoms with Crippen molar-refractivity contribution >= 4 is 15.9 Å². The maximum Gasteiger partial charge on any atom is 0.166 e. The van der Waals surface area contributed by atoms with E-state index in [9.17, 15) is 0 Å². The third-order valence-electron chi connectivity index (χ3n) is 3.64. The molecule has 2 aromatic carbocycles. The summed E-state index contributed by atoms with van der Waals surface area (Å²) in [7, 11) is 4.98. The van der Waals surface area contributed by atoms with Crippen LogP contribution in [-0.2, 0) is 13.0 Å². The van der Waals surface area contributed by atoms with Gasteiger partial charge >= 0.3 is 0 Å².